The van der Waals surface area contributed by atoms with Crippen LogP contribution in [0.4, 0.5) is 0 Å². The van der Waals surface area contributed by atoms with Crippen LogP contribution in [0, 0.1) is 11.3 Å². The van der Waals surface area contributed by atoms with E-state index in [1.165, 1.54) is 0 Å². The van der Waals surface area contributed by atoms with Crippen LogP contribution in [-0.2, 0) is 0 Å². The highest BCUT2D eigenvalue weighted by molar-refractivity contribution is 4.91. The highest BCUT2D eigenvalue weighted by Crippen LogP contribution is 2.40. The summed E-state index contributed by atoms with van der Waals surface area (Å²) in [5.74, 6) is 0.275. The zero-order chi connectivity index (χ0) is 11.0. The number of aliphatic hydroxyl groups is 2. The molecule has 84 valence electrons. The molecule has 0 saturated heterocycles. The van der Waals surface area contributed by atoms with Crippen LogP contribution in [0.5, 0.6) is 0 Å². The summed E-state index contributed by atoms with van der Waals surface area (Å²) >= 11 is 0. The summed E-state index contributed by atoms with van der Waals surface area (Å²) in [6.45, 7) is 8.03. The third-order valence-corrected chi connectivity index (χ3v) is 3.62. The molecule has 3 unspecified atom stereocenters. The summed E-state index contributed by atoms with van der Waals surface area (Å²) in [5, 5.41) is 20.0. The minimum absolute atomic E-state index is 0.0708. The number of rotatable bonds is 2. The highest BCUT2D eigenvalue weighted by Gasteiger charge is 2.39. The van der Waals surface area contributed by atoms with Crippen molar-refractivity contribution >= 4 is 0 Å². The van der Waals surface area contributed by atoms with Crippen LogP contribution in [0.2, 0.25) is 0 Å². The Morgan fingerprint density at radius 1 is 1.43 bits per heavy atom. The first-order valence-corrected chi connectivity index (χ1v) is 5.64. The van der Waals surface area contributed by atoms with Crippen molar-refractivity contribution in [2.45, 2.75) is 65.1 Å². The molecule has 3 atom stereocenters. The molecule has 0 aromatic rings. The van der Waals surface area contributed by atoms with Crippen molar-refractivity contribution in [3.63, 3.8) is 0 Å². The fourth-order valence-electron chi connectivity index (χ4n) is 2.22. The van der Waals surface area contributed by atoms with E-state index in [0.717, 1.165) is 25.7 Å². The number of hydrogen-bond acceptors (Lipinski definition) is 2. The Bertz CT molecular complexity index is 191. The zero-order valence-corrected chi connectivity index (χ0v) is 9.88. The Balaban J connectivity index is 2.52. The van der Waals surface area contributed by atoms with Gasteiger partial charge in [0.1, 0.15) is 0 Å². The second-order valence-electron chi connectivity index (χ2n) is 6.06. The standard InChI is InChI=1S/C12H24O2/c1-11(2,3)10(13)8-9-6-5-7-12(9,4)14/h9-10,13-14H,5-8H2,1-4H3. The van der Waals surface area contributed by atoms with Crippen LogP contribution in [0.25, 0.3) is 0 Å². The van der Waals surface area contributed by atoms with E-state index in [2.05, 4.69) is 0 Å². The summed E-state index contributed by atoms with van der Waals surface area (Å²) in [4.78, 5) is 0. The third kappa shape index (κ3) is 2.71. The molecule has 0 amide bonds. The van der Waals surface area contributed by atoms with Crippen LogP contribution in [0.1, 0.15) is 53.4 Å². The predicted molar refractivity (Wildman–Crippen MR) is 58.0 cm³/mol. The third-order valence-electron chi connectivity index (χ3n) is 3.62. The average molecular weight is 200 g/mol. The van der Waals surface area contributed by atoms with Crippen molar-refractivity contribution in [3.05, 3.63) is 0 Å². The Morgan fingerprint density at radius 3 is 2.36 bits per heavy atom. The van der Waals surface area contributed by atoms with Crippen LogP contribution in [0.15, 0.2) is 0 Å². The molecule has 1 fully saturated rings. The first-order chi connectivity index (χ1) is 6.23. The van der Waals surface area contributed by atoms with Crippen molar-refractivity contribution in [2.24, 2.45) is 11.3 Å². The van der Waals surface area contributed by atoms with E-state index in [1.54, 1.807) is 0 Å². The van der Waals surface area contributed by atoms with Gasteiger partial charge in [0.2, 0.25) is 0 Å². The van der Waals surface area contributed by atoms with E-state index < -0.39 is 5.60 Å². The van der Waals surface area contributed by atoms with Gasteiger partial charge >= 0.3 is 0 Å². The van der Waals surface area contributed by atoms with Crippen LogP contribution >= 0.6 is 0 Å². The summed E-state index contributed by atoms with van der Waals surface area (Å²) in [6, 6.07) is 0. The van der Waals surface area contributed by atoms with Crippen LogP contribution in [0.3, 0.4) is 0 Å². The summed E-state index contributed by atoms with van der Waals surface area (Å²) in [5.41, 5.74) is -0.620. The first-order valence-electron chi connectivity index (χ1n) is 5.64. The Morgan fingerprint density at radius 2 is 2.00 bits per heavy atom. The molecule has 2 heteroatoms. The maximum absolute atomic E-state index is 10.1. The SMILES string of the molecule is CC(C)(C)C(O)CC1CCCC1(C)O. The average Bonchev–Trinajstić information content (AvgIpc) is 2.29. The lowest BCUT2D eigenvalue weighted by Gasteiger charge is -2.32. The maximum atomic E-state index is 10.1. The van der Waals surface area contributed by atoms with Crippen LogP contribution in [-0.4, -0.2) is 21.9 Å². The molecule has 1 aliphatic carbocycles. The van der Waals surface area contributed by atoms with Crippen LogP contribution < -0.4 is 0 Å². The second-order valence-corrected chi connectivity index (χ2v) is 6.06. The van der Waals surface area contributed by atoms with Gasteiger partial charge in [-0.1, -0.05) is 27.2 Å². The quantitative estimate of drug-likeness (QED) is 0.718. The molecule has 0 aromatic carbocycles. The molecule has 14 heavy (non-hydrogen) atoms. The highest BCUT2D eigenvalue weighted by atomic mass is 16.3. The van der Waals surface area contributed by atoms with Gasteiger partial charge in [0.25, 0.3) is 0 Å². The minimum Gasteiger partial charge on any atom is -0.393 e. The van der Waals surface area contributed by atoms with Gasteiger partial charge in [-0.05, 0) is 37.5 Å². The zero-order valence-electron chi connectivity index (χ0n) is 9.88. The van der Waals surface area contributed by atoms with Gasteiger partial charge in [0.05, 0.1) is 11.7 Å². The van der Waals surface area contributed by atoms with Crippen molar-refractivity contribution in [1.82, 2.24) is 0 Å². The lowest BCUT2D eigenvalue weighted by Crippen LogP contribution is -2.35. The van der Waals surface area contributed by atoms with Crippen molar-refractivity contribution in [1.29, 1.82) is 0 Å². The first kappa shape index (κ1) is 12.0. The fraction of sp³-hybridized carbons (Fsp3) is 1.00. The molecule has 0 heterocycles. The molecule has 0 aliphatic heterocycles. The summed E-state index contributed by atoms with van der Waals surface area (Å²) in [6.07, 6.45) is 3.46. The fourth-order valence-corrected chi connectivity index (χ4v) is 2.22. The van der Waals surface area contributed by atoms with Gasteiger partial charge in [-0.3, -0.25) is 0 Å². The molecule has 0 radical (unpaired) electrons. The number of aliphatic hydroxyl groups excluding tert-OH is 1. The molecule has 0 spiro atoms. The Kier molecular flexibility index (Phi) is 3.27. The van der Waals surface area contributed by atoms with E-state index >= 15 is 0 Å². The largest absolute Gasteiger partial charge is 0.393 e. The molecular weight excluding hydrogens is 176 g/mol. The molecule has 1 aliphatic rings. The molecular formula is C12H24O2. The molecule has 0 bridgehead atoms. The van der Waals surface area contributed by atoms with Gasteiger partial charge in [0.15, 0.2) is 0 Å². The second kappa shape index (κ2) is 3.82. The monoisotopic (exact) mass is 200 g/mol. The lowest BCUT2D eigenvalue weighted by atomic mass is 9.79. The lowest BCUT2D eigenvalue weighted by molar-refractivity contribution is -0.0247. The van der Waals surface area contributed by atoms with Gasteiger partial charge in [-0.15, -0.1) is 0 Å². The molecule has 1 saturated carbocycles. The maximum Gasteiger partial charge on any atom is 0.0648 e. The van der Waals surface area contributed by atoms with E-state index in [-0.39, 0.29) is 17.4 Å². The van der Waals surface area contributed by atoms with Crippen molar-refractivity contribution < 1.29 is 10.2 Å². The van der Waals surface area contributed by atoms with Gasteiger partial charge in [0, 0.05) is 0 Å². The normalized spacial score (nSPS) is 36.0. The topological polar surface area (TPSA) is 40.5 Å². The van der Waals surface area contributed by atoms with Gasteiger partial charge in [-0.25, -0.2) is 0 Å². The van der Waals surface area contributed by atoms with Gasteiger partial charge in [-0.2, -0.15) is 0 Å². The van der Waals surface area contributed by atoms with E-state index in [9.17, 15) is 10.2 Å². The molecule has 2 nitrogen and oxygen atoms in total. The van der Waals surface area contributed by atoms with Crippen molar-refractivity contribution in [3.8, 4) is 0 Å². The summed E-state index contributed by atoms with van der Waals surface area (Å²) < 4.78 is 0. The predicted octanol–water partition coefficient (Wildman–Crippen LogP) is 2.33. The number of hydrogen-bond donors (Lipinski definition) is 2. The smallest absolute Gasteiger partial charge is 0.0648 e. The molecule has 1 rings (SSSR count). The minimum atomic E-state index is -0.549. The summed E-state index contributed by atoms with van der Waals surface area (Å²) in [7, 11) is 0. The van der Waals surface area contributed by atoms with Crippen molar-refractivity contribution in [2.75, 3.05) is 0 Å². The van der Waals surface area contributed by atoms with E-state index in [1.807, 2.05) is 27.7 Å². The Hall–Kier alpha value is -0.0800. The van der Waals surface area contributed by atoms with E-state index in [0.29, 0.717) is 0 Å². The molecule has 2 N–H and O–H groups in total. The van der Waals surface area contributed by atoms with E-state index in [4.69, 9.17) is 0 Å². The molecule has 0 aromatic heterocycles. The Labute approximate surface area is 87.3 Å². The van der Waals surface area contributed by atoms with Gasteiger partial charge < -0.3 is 10.2 Å².